The number of carbonyl (C=O) groups excluding carboxylic acids is 3. The van der Waals surface area contributed by atoms with Gasteiger partial charge in [0.15, 0.2) is 6.10 Å². The number of esters is 3. The van der Waals surface area contributed by atoms with Crippen molar-refractivity contribution < 1.29 is 28.6 Å². The molecular formula is C62H106O6. The zero-order valence-corrected chi connectivity index (χ0v) is 44.6. The molecule has 0 heterocycles. The molecule has 0 saturated carbocycles. The lowest BCUT2D eigenvalue weighted by Gasteiger charge is -2.18. The Labute approximate surface area is 420 Å². The highest BCUT2D eigenvalue weighted by molar-refractivity contribution is 5.71. The third-order valence-corrected chi connectivity index (χ3v) is 12.1. The van der Waals surface area contributed by atoms with Gasteiger partial charge in [-0.25, -0.2) is 0 Å². The molecule has 0 saturated heterocycles. The Kier molecular flexibility index (Phi) is 53.4. The fourth-order valence-corrected chi connectivity index (χ4v) is 7.86. The molecule has 6 heteroatoms. The second-order valence-electron chi connectivity index (χ2n) is 18.8. The second kappa shape index (κ2) is 56.2. The van der Waals surface area contributed by atoms with Gasteiger partial charge in [-0.05, 0) is 89.9 Å². The van der Waals surface area contributed by atoms with Crippen molar-refractivity contribution in [3.63, 3.8) is 0 Å². The minimum atomic E-state index is -0.789. The molecule has 1 atom stereocenters. The van der Waals surface area contributed by atoms with E-state index >= 15 is 0 Å². The Hall–Kier alpha value is -3.41. The lowest BCUT2D eigenvalue weighted by Crippen LogP contribution is -2.30. The quantitative estimate of drug-likeness (QED) is 0.0262. The molecule has 0 N–H and O–H groups in total. The molecular weight excluding hydrogens is 841 g/mol. The molecule has 0 aliphatic heterocycles. The fraction of sp³-hybridized carbons (Fsp3) is 0.726. The predicted molar refractivity (Wildman–Crippen MR) is 293 cm³/mol. The first kappa shape index (κ1) is 64.6. The molecule has 0 aliphatic rings. The number of ether oxygens (including phenoxy) is 3. The molecule has 0 bridgehead atoms. The molecule has 0 aromatic heterocycles. The van der Waals surface area contributed by atoms with Crippen LogP contribution in [0, 0.1) is 0 Å². The monoisotopic (exact) mass is 947 g/mol. The summed E-state index contributed by atoms with van der Waals surface area (Å²) in [5, 5.41) is 0. The zero-order valence-electron chi connectivity index (χ0n) is 44.6. The van der Waals surface area contributed by atoms with E-state index in [1.165, 1.54) is 89.9 Å². The number of unbranched alkanes of at least 4 members (excludes halogenated alkanes) is 26. The first-order chi connectivity index (χ1) is 33.5. The summed E-state index contributed by atoms with van der Waals surface area (Å²) >= 11 is 0. The first-order valence-electron chi connectivity index (χ1n) is 28.6. The van der Waals surface area contributed by atoms with E-state index in [9.17, 15) is 14.4 Å². The van der Waals surface area contributed by atoms with Crippen LogP contribution in [0.25, 0.3) is 0 Å². The molecule has 0 aromatic carbocycles. The average Bonchev–Trinajstić information content (AvgIpc) is 3.34. The van der Waals surface area contributed by atoms with Crippen LogP contribution in [-0.4, -0.2) is 37.2 Å². The van der Waals surface area contributed by atoms with E-state index < -0.39 is 6.10 Å². The van der Waals surface area contributed by atoms with Gasteiger partial charge in [-0.3, -0.25) is 14.4 Å². The molecule has 0 fully saturated rings. The molecule has 0 radical (unpaired) electrons. The van der Waals surface area contributed by atoms with E-state index in [0.717, 1.165) is 141 Å². The van der Waals surface area contributed by atoms with Gasteiger partial charge in [-0.2, -0.15) is 0 Å². The Morgan fingerprint density at radius 1 is 0.309 bits per heavy atom. The molecule has 0 aromatic rings. The van der Waals surface area contributed by atoms with Gasteiger partial charge in [0, 0.05) is 19.3 Å². The van der Waals surface area contributed by atoms with Crippen molar-refractivity contribution in [2.24, 2.45) is 0 Å². The number of rotatable bonds is 51. The predicted octanol–water partition coefficient (Wildman–Crippen LogP) is 19.2. The van der Waals surface area contributed by atoms with Crippen LogP contribution < -0.4 is 0 Å². The Morgan fingerprint density at radius 2 is 0.603 bits per heavy atom. The van der Waals surface area contributed by atoms with Crippen molar-refractivity contribution in [1.29, 1.82) is 0 Å². The second-order valence-corrected chi connectivity index (χ2v) is 18.8. The Bertz CT molecular complexity index is 1320. The molecule has 0 amide bonds. The van der Waals surface area contributed by atoms with Crippen LogP contribution in [0.1, 0.15) is 271 Å². The smallest absolute Gasteiger partial charge is 0.306 e. The van der Waals surface area contributed by atoms with E-state index in [4.69, 9.17) is 14.2 Å². The van der Waals surface area contributed by atoms with Gasteiger partial charge in [-0.15, -0.1) is 0 Å². The minimum Gasteiger partial charge on any atom is -0.462 e. The summed E-state index contributed by atoms with van der Waals surface area (Å²) in [5.41, 5.74) is 0. The van der Waals surface area contributed by atoms with Gasteiger partial charge < -0.3 is 14.2 Å². The summed E-state index contributed by atoms with van der Waals surface area (Å²) in [4.78, 5) is 38.1. The van der Waals surface area contributed by atoms with Crippen molar-refractivity contribution >= 4 is 17.9 Å². The normalized spacial score (nSPS) is 12.7. The molecule has 0 rings (SSSR count). The Balaban J connectivity index is 4.40. The van der Waals surface area contributed by atoms with Gasteiger partial charge in [0.25, 0.3) is 0 Å². The van der Waals surface area contributed by atoms with E-state index in [-0.39, 0.29) is 31.1 Å². The summed E-state index contributed by atoms with van der Waals surface area (Å²) in [6, 6.07) is 0. The van der Waals surface area contributed by atoms with Crippen LogP contribution in [0.2, 0.25) is 0 Å². The summed E-state index contributed by atoms with van der Waals surface area (Å²) in [7, 11) is 0. The van der Waals surface area contributed by atoms with Gasteiger partial charge in [0.1, 0.15) is 13.2 Å². The number of hydrogen-bond acceptors (Lipinski definition) is 6. The van der Waals surface area contributed by atoms with Crippen LogP contribution in [0.5, 0.6) is 0 Å². The van der Waals surface area contributed by atoms with E-state index in [2.05, 4.69) is 106 Å². The largest absolute Gasteiger partial charge is 0.462 e. The maximum atomic E-state index is 12.9. The third kappa shape index (κ3) is 53.5. The van der Waals surface area contributed by atoms with Gasteiger partial charge in [0.05, 0.1) is 0 Å². The summed E-state index contributed by atoms with van der Waals surface area (Å²) in [5.74, 6) is -0.913. The van der Waals surface area contributed by atoms with Gasteiger partial charge >= 0.3 is 17.9 Å². The van der Waals surface area contributed by atoms with E-state index in [0.29, 0.717) is 19.3 Å². The fourth-order valence-electron chi connectivity index (χ4n) is 7.86. The van der Waals surface area contributed by atoms with Crippen LogP contribution >= 0.6 is 0 Å². The first-order valence-corrected chi connectivity index (χ1v) is 28.6. The highest BCUT2D eigenvalue weighted by Gasteiger charge is 2.19. The van der Waals surface area contributed by atoms with Crippen molar-refractivity contribution in [1.82, 2.24) is 0 Å². The minimum absolute atomic E-state index is 0.0886. The van der Waals surface area contributed by atoms with Crippen molar-refractivity contribution in [3.8, 4) is 0 Å². The van der Waals surface area contributed by atoms with Gasteiger partial charge in [-0.1, -0.05) is 247 Å². The Morgan fingerprint density at radius 3 is 0.956 bits per heavy atom. The highest BCUT2D eigenvalue weighted by Crippen LogP contribution is 2.16. The van der Waals surface area contributed by atoms with Crippen molar-refractivity contribution in [2.45, 2.75) is 277 Å². The standard InChI is InChI=1S/C62H106O6/c1-4-7-10-13-16-19-22-25-27-29-30-31-32-33-35-37-40-43-46-49-52-55-61(64)67-58-59(57-66-60(63)54-51-48-45-42-39-36-24-21-18-15-12-9-6-3)68-62(65)56-53-50-47-44-41-38-34-28-26-23-20-17-14-11-8-5-2/h7,10,12,15-16,19,21,24-25,27,30-31,33,35,59H,4-6,8-9,11,13-14,17-18,20,22-23,26,28-29,32,34,36-58H2,1-3H3/b10-7-,15-12-,19-16-,24-21-,27-25-,31-30-,35-33-. The molecule has 6 nitrogen and oxygen atoms in total. The van der Waals surface area contributed by atoms with Crippen molar-refractivity contribution in [2.75, 3.05) is 13.2 Å². The molecule has 0 aliphatic carbocycles. The van der Waals surface area contributed by atoms with E-state index in [1.54, 1.807) is 0 Å². The summed E-state index contributed by atoms with van der Waals surface area (Å²) in [6.45, 7) is 6.45. The van der Waals surface area contributed by atoms with Gasteiger partial charge in [0.2, 0.25) is 0 Å². The molecule has 68 heavy (non-hydrogen) atoms. The highest BCUT2D eigenvalue weighted by atomic mass is 16.6. The lowest BCUT2D eigenvalue weighted by molar-refractivity contribution is -0.167. The van der Waals surface area contributed by atoms with Crippen LogP contribution in [0.15, 0.2) is 85.1 Å². The number of hydrogen-bond donors (Lipinski definition) is 0. The van der Waals surface area contributed by atoms with Crippen LogP contribution in [-0.2, 0) is 28.6 Å². The van der Waals surface area contributed by atoms with Crippen molar-refractivity contribution in [3.05, 3.63) is 85.1 Å². The van der Waals surface area contributed by atoms with Crippen LogP contribution in [0.3, 0.4) is 0 Å². The summed E-state index contributed by atoms with van der Waals surface area (Å²) in [6.07, 6.45) is 72.8. The molecule has 1 unspecified atom stereocenters. The molecule has 390 valence electrons. The van der Waals surface area contributed by atoms with Crippen LogP contribution in [0.4, 0.5) is 0 Å². The average molecular weight is 948 g/mol. The zero-order chi connectivity index (χ0) is 49.3. The maximum absolute atomic E-state index is 12.9. The lowest BCUT2D eigenvalue weighted by atomic mass is 10.0. The number of carbonyl (C=O) groups is 3. The molecule has 0 spiro atoms. The van der Waals surface area contributed by atoms with E-state index in [1.807, 2.05) is 0 Å². The summed E-state index contributed by atoms with van der Waals surface area (Å²) < 4.78 is 16.8. The SMILES string of the molecule is CC/C=C\C/C=C\C/C=C\C/C=C\C/C=C\CCCCCCCC(=O)OCC(COC(=O)CCCCCCC/C=C\C/C=C\CCC)OC(=O)CCCCCCCCCCCCCCCCCC. The topological polar surface area (TPSA) is 78.9 Å². The third-order valence-electron chi connectivity index (χ3n) is 12.1. The number of allylic oxidation sites excluding steroid dienone is 14. The maximum Gasteiger partial charge on any atom is 0.306 e.